The third-order valence-corrected chi connectivity index (χ3v) is 12.2. The quantitative estimate of drug-likeness (QED) is 0.0723. The number of carbonyl (C=O) groups excluding carboxylic acids is 4. The largest absolute Gasteiger partial charge is 0.462 e. The molecule has 354 valence electrons. The summed E-state index contributed by atoms with van der Waals surface area (Å²) in [5.41, 5.74) is 5.77. The number of benzene rings is 6. The van der Waals surface area contributed by atoms with E-state index in [0.717, 1.165) is 0 Å². The average molecular weight is 1020 g/mol. The van der Waals surface area contributed by atoms with Gasteiger partial charge in [0.05, 0.1) is 81.5 Å². The molecule has 1 aromatic heterocycles. The summed E-state index contributed by atoms with van der Waals surface area (Å²) in [6, 6.07) is 37.1. The van der Waals surface area contributed by atoms with Crippen LogP contribution in [0.4, 0.5) is 0 Å². The van der Waals surface area contributed by atoms with Crippen molar-refractivity contribution in [3.63, 3.8) is 0 Å². The first kappa shape index (κ1) is 49.3. The van der Waals surface area contributed by atoms with Gasteiger partial charge in [0.15, 0.2) is 0 Å². The minimum absolute atomic E-state index is 0.173. The zero-order valence-corrected chi connectivity index (χ0v) is 41.1. The van der Waals surface area contributed by atoms with Gasteiger partial charge in [-0.25, -0.2) is 34.1 Å². The van der Waals surface area contributed by atoms with Gasteiger partial charge in [-0.1, -0.05) is 94.9 Å². The van der Waals surface area contributed by atoms with Gasteiger partial charge in [0.25, 0.3) is 5.79 Å². The lowest BCUT2D eigenvalue weighted by Crippen LogP contribution is -2.32. The third kappa shape index (κ3) is 9.86. The Balaban J connectivity index is 1.53. The Labute approximate surface area is 423 Å². The van der Waals surface area contributed by atoms with Crippen LogP contribution in [0.5, 0.6) is 0 Å². The van der Waals surface area contributed by atoms with Gasteiger partial charge in [-0.3, -0.25) is 4.57 Å². The molecule has 0 N–H and O–H groups in total. The van der Waals surface area contributed by atoms with Crippen LogP contribution in [-0.2, 0) is 24.7 Å². The van der Waals surface area contributed by atoms with E-state index in [1.54, 1.807) is 161 Å². The summed E-state index contributed by atoms with van der Waals surface area (Å²) in [4.78, 5) is 68.4. The van der Waals surface area contributed by atoms with Crippen LogP contribution in [0, 0.1) is 0 Å². The maximum atomic E-state index is 13.1. The predicted octanol–water partition coefficient (Wildman–Crippen LogP) is 12.9. The second-order valence-corrected chi connectivity index (χ2v) is 17.2. The lowest BCUT2D eigenvalue weighted by molar-refractivity contribution is 0.0516. The number of ether oxygens (including phenoxy) is 4. The van der Waals surface area contributed by atoms with Crippen LogP contribution in [0.2, 0.25) is 20.1 Å². The van der Waals surface area contributed by atoms with Gasteiger partial charge in [0.2, 0.25) is 0 Å². The molecule has 16 heteroatoms. The fraction of sp³-hybridized carbons (Fsp3) is 0.167. The Bertz CT molecular complexity index is 3130. The number of nitrogens with zero attached hydrogens (tertiary/aromatic N) is 4. The van der Waals surface area contributed by atoms with Gasteiger partial charge < -0.3 is 18.9 Å². The molecule has 0 bridgehead atoms. The smallest absolute Gasteiger partial charge is 0.338 e. The van der Waals surface area contributed by atoms with Crippen molar-refractivity contribution in [2.24, 2.45) is 9.98 Å². The van der Waals surface area contributed by atoms with Gasteiger partial charge in [0, 0.05) is 43.4 Å². The van der Waals surface area contributed by atoms with Crippen molar-refractivity contribution in [3.8, 4) is 33.9 Å². The molecule has 0 spiro atoms. The van der Waals surface area contributed by atoms with Crippen molar-refractivity contribution in [1.29, 1.82) is 0 Å². The van der Waals surface area contributed by atoms with Crippen LogP contribution in [0.1, 0.15) is 85.8 Å². The van der Waals surface area contributed by atoms with E-state index < -0.39 is 29.7 Å². The van der Waals surface area contributed by atoms with Crippen molar-refractivity contribution < 1.29 is 38.1 Å². The molecule has 0 saturated heterocycles. The Morgan fingerprint density at radius 1 is 0.471 bits per heavy atom. The summed E-state index contributed by atoms with van der Waals surface area (Å²) < 4.78 is 23.1. The van der Waals surface area contributed by atoms with E-state index in [0.29, 0.717) is 88.5 Å². The molecule has 0 unspecified atom stereocenters. The molecule has 1 aliphatic rings. The van der Waals surface area contributed by atoms with E-state index >= 15 is 0 Å². The molecule has 0 saturated carbocycles. The Kier molecular flexibility index (Phi) is 15.0. The van der Waals surface area contributed by atoms with Gasteiger partial charge in [-0.2, -0.15) is 0 Å². The zero-order chi connectivity index (χ0) is 49.7. The molecule has 0 radical (unpaired) electrons. The van der Waals surface area contributed by atoms with Crippen molar-refractivity contribution in [2.45, 2.75) is 33.5 Å². The van der Waals surface area contributed by atoms with Crippen LogP contribution < -0.4 is 0 Å². The standard InChI is InChI=1S/C54H42Cl4N4O8/c1-5-67-50(63)35-17-9-31(10-18-35)45-46(32-11-19-36(20-12-32)51(64)68-6-2)61-54(60-45,42-28-26-40(56)30-44(42)58)62-48(34-15-23-38(24-16-34)53(66)70-8-4)47(33-13-21-37(22-14-33)52(65)69-7-3)59-49(62)41-27-25-39(55)29-43(41)57/h9-30H,5-8H2,1-4H3. The molecular formula is C54H42Cl4N4O8. The normalized spacial score (nSPS) is 12.7. The molecule has 0 fully saturated rings. The molecule has 12 nitrogen and oxygen atoms in total. The fourth-order valence-corrected chi connectivity index (χ4v) is 8.93. The van der Waals surface area contributed by atoms with Crippen molar-refractivity contribution in [2.75, 3.05) is 26.4 Å². The number of hydrogen-bond acceptors (Lipinski definition) is 11. The Morgan fingerprint density at radius 2 is 0.843 bits per heavy atom. The number of aliphatic imine (C=N–C) groups is 2. The number of halogens is 4. The highest BCUT2D eigenvalue weighted by Crippen LogP contribution is 2.49. The van der Waals surface area contributed by atoms with Gasteiger partial charge in [0.1, 0.15) is 5.82 Å². The summed E-state index contributed by atoms with van der Waals surface area (Å²) >= 11 is 27.7. The molecule has 0 amide bonds. The maximum absolute atomic E-state index is 13.1. The summed E-state index contributed by atoms with van der Waals surface area (Å²) in [6.07, 6.45) is 0. The van der Waals surface area contributed by atoms with Gasteiger partial charge >= 0.3 is 23.9 Å². The van der Waals surface area contributed by atoms with Crippen LogP contribution in [0.15, 0.2) is 143 Å². The number of carbonyl (C=O) groups is 4. The van der Waals surface area contributed by atoms with Crippen molar-refractivity contribution >= 4 is 81.7 Å². The summed E-state index contributed by atoms with van der Waals surface area (Å²) in [7, 11) is 0. The molecule has 70 heavy (non-hydrogen) atoms. The molecule has 0 atom stereocenters. The minimum atomic E-state index is -1.92. The van der Waals surface area contributed by atoms with E-state index in [2.05, 4.69) is 0 Å². The number of hydrogen-bond donors (Lipinski definition) is 0. The highest BCUT2D eigenvalue weighted by molar-refractivity contribution is 6.54. The van der Waals surface area contributed by atoms with Crippen LogP contribution in [0.3, 0.4) is 0 Å². The first-order valence-corrected chi connectivity index (χ1v) is 23.7. The molecule has 8 rings (SSSR count). The Hall–Kier alpha value is -7.09. The lowest BCUT2D eigenvalue weighted by atomic mass is 9.98. The second kappa shape index (κ2) is 21.3. The first-order valence-electron chi connectivity index (χ1n) is 22.1. The first-order chi connectivity index (χ1) is 33.8. The van der Waals surface area contributed by atoms with Crippen LogP contribution in [-0.4, -0.2) is 71.3 Å². The van der Waals surface area contributed by atoms with Crippen LogP contribution >= 0.6 is 46.4 Å². The number of esters is 4. The summed E-state index contributed by atoms with van der Waals surface area (Å²) in [6.45, 7) is 7.65. The predicted molar refractivity (Wildman–Crippen MR) is 272 cm³/mol. The topological polar surface area (TPSA) is 148 Å². The second-order valence-electron chi connectivity index (χ2n) is 15.5. The monoisotopic (exact) mass is 1010 g/mol. The molecule has 2 heterocycles. The highest BCUT2D eigenvalue weighted by atomic mass is 35.5. The molecule has 6 aromatic carbocycles. The fourth-order valence-electron chi connectivity index (χ4n) is 7.90. The van der Waals surface area contributed by atoms with E-state index in [4.69, 9.17) is 80.3 Å². The van der Waals surface area contributed by atoms with Gasteiger partial charge in [-0.15, -0.1) is 0 Å². The number of aromatic nitrogens is 2. The van der Waals surface area contributed by atoms with Crippen molar-refractivity contribution in [3.05, 3.63) is 192 Å². The van der Waals surface area contributed by atoms with Gasteiger partial charge in [-0.05, 0) is 113 Å². The molecular weight excluding hydrogens is 974 g/mol. The number of rotatable bonds is 15. The Morgan fingerprint density at radius 3 is 1.23 bits per heavy atom. The van der Waals surface area contributed by atoms with E-state index in [1.807, 2.05) is 4.57 Å². The minimum Gasteiger partial charge on any atom is -0.462 e. The molecule has 0 aliphatic carbocycles. The zero-order valence-electron chi connectivity index (χ0n) is 38.1. The lowest BCUT2D eigenvalue weighted by Gasteiger charge is -2.30. The van der Waals surface area contributed by atoms with Crippen LogP contribution in [0.25, 0.3) is 33.9 Å². The molecule has 7 aromatic rings. The van der Waals surface area contributed by atoms with E-state index in [1.165, 1.54) is 0 Å². The maximum Gasteiger partial charge on any atom is 0.338 e. The SMILES string of the molecule is CCOC(=O)c1ccc(C2=NC(c3ccc(Cl)cc3Cl)(n3c(-c4ccc(Cl)cc4Cl)nc(-c4ccc(C(=O)OCC)cc4)c3-c3ccc(C(=O)OCC)cc3)N=C2c2ccc(C(=O)OCC)cc2)cc1. The summed E-state index contributed by atoms with van der Waals surface area (Å²) in [5, 5.41) is 1.12. The van der Waals surface area contributed by atoms with E-state index in [9.17, 15) is 19.2 Å². The van der Waals surface area contributed by atoms with E-state index in [-0.39, 0.29) is 42.3 Å². The number of imidazole rings is 1. The average Bonchev–Trinajstić information content (AvgIpc) is 3.96. The molecule has 1 aliphatic heterocycles. The highest BCUT2D eigenvalue weighted by Gasteiger charge is 2.46. The summed E-state index contributed by atoms with van der Waals surface area (Å²) in [5.74, 6) is -3.69. The third-order valence-electron chi connectivity index (χ3n) is 11.1. The van der Waals surface area contributed by atoms with Crippen molar-refractivity contribution in [1.82, 2.24) is 9.55 Å².